The molecule has 1 aliphatic rings. The lowest BCUT2D eigenvalue weighted by Crippen LogP contribution is -2.63. The molecule has 0 spiro atoms. The molecule has 590 valence electrons. The van der Waals surface area contributed by atoms with Crippen molar-refractivity contribution < 1.29 is 102 Å². The van der Waals surface area contributed by atoms with Gasteiger partial charge < -0.3 is 123 Å². The Morgan fingerprint density at radius 3 is 1.42 bits per heavy atom. The standard InChI is InChI=1S/C66H105N19O21/c1-31(2)22-42(75-51(91)28-74-54(94)38-14-10-20-71-38)57(97)79-43(23-32(3)4)58(98)81-45(25-35-27-73-37-13-9-8-12-36(35)37)60(100)77-40(16-18-49(67)89)56(96)85-53(34(7)88)64(104)84-48(30-87)62(102)76-39(15-11-21-72-66(69)70)55(95)83-47(29-86)63(103)80-44(24-33(5)6)59(99)82-46(26-52(92)93)61(101)78-41(65(105)106)17-19-50(68)90/h8-9,12-13,27,31-34,38-48,53,71,73,86-88H,10-11,14-26,28-30H2,1-7H3,(H2,67,89)(H2,68,90)(H,74,94)(H,75,91)(H,76,102)(H,77,100)(H,78,101)(H,79,97)(H,80,103)(H,81,98)(H,82,99)(H,83,95)(H,84,104)(H,85,96)(H,92,93)(H,105,106)(H4,69,70,72)/t34-,38+,39+,40+,41+,42+,43+,44+,45+,46+,47+,48+,53+/m1/s1. The number of carbonyl (C=O) groups excluding carboxylic acids is 14. The van der Waals surface area contributed by atoms with Crippen LogP contribution in [0.25, 0.3) is 10.9 Å². The Kier molecular flexibility index (Phi) is 38.0. The number of carboxylic acids is 2. The number of hydrogen-bond acceptors (Lipinski definition) is 21. The molecule has 0 unspecified atom stereocenters. The number of para-hydroxylation sites is 1. The quantitative estimate of drug-likeness (QED) is 0.0166. The summed E-state index contributed by atoms with van der Waals surface area (Å²) in [5.41, 5.74) is 22.7. The van der Waals surface area contributed by atoms with Crippen molar-refractivity contribution in [3.63, 3.8) is 0 Å². The molecule has 0 radical (unpaired) electrons. The third kappa shape index (κ3) is 31.8. The minimum Gasteiger partial charge on any atom is -0.481 e. The summed E-state index contributed by atoms with van der Waals surface area (Å²) in [6.07, 6.45) is -2.96. The number of carbonyl (C=O) groups is 16. The maximum Gasteiger partial charge on any atom is 0.326 e. The van der Waals surface area contributed by atoms with Gasteiger partial charge in [0.2, 0.25) is 82.7 Å². The van der Waals surface area contributed by atoms with Gasteiger partial charge in [-0.2, -0.15) is 0 Å². The van der Waals surface area contributed by atoms with Crippen molar-refractivity contribution in [3.05, 3.63) is 36.0 Å². The third-order valence-electron chi connectivity index (χ3n) is 16.5. The van der Waals surface area contributed by atoms with Gasteiger partial charge in [0.15, 0.2) is 5.96 Å². The van der Waals surface area contributed by atoms with Gasteiger partial charge in [0.05, 0.1) is 38.3 Å². The Bertz CT molecular complexity index is 3430. The minimum absolute atomic E-state index is 0.00447. The van der Waals surface area contributed by atoms with E-state index in [0.717, 1.165) is 13.3 Å². The van der Waals surface area contributed by atoms with Crippen LogP contribution >= 0.6 is 0 Å². The van der Waals surface area contributed by atoms with Gasteiger partial charge in [0, 0.05) is 42.9 Å². The largest absolute Gasteiger partial charge is 0.481 e. The molecular formula is C66H105N19O21. The number of nitrogens with one attached hydrogen (secondary N) is 14. The fourth-order valence-corrected chi connectivity index (χ4v) is 11.0. The lowest BCUT2D eigenvalue weighted by molar-refractivity contribution is -0.144. The van der Waals surface area contributed by atoms with Gasteiger partial charge in [-0.1, -0.05) is 59.7 Å². The van der Waals surface area contributed by atoms with Crippen LogP contribution in [0.3, 0.4) is 0 Å². The molecule has 27 N–H and O–H groups in total. The first-order valence-corrected chi connectivity index (χ1v) is 34.7. The molecule has 40 heteroatoms. The molecule has 2 aromatic rings. The highest BCUT2D eigenvalue weighted by Gasteiger charge is 2.39. The van der Waals surface area contributed by atoms with Crippen molar-refractivity contribution in [3.8, 4) is 0 Å². The van der Waals surface area contributed by atoms with Crippen LogP contribution in [0.4, 0.5) is 0 Å². The third-order valence-corrected chi connectivity index (χ3v) is 16.5. The number of nitrogens with two attached hydrogens (primary N) is 4. The molecule has 1 aromatic carbocycles. The second kappa shape index (κ2) is 44.9. The zero-order valence-corrected chi connectivity index (χ0v) is 60.4. The monoisotopic (exact) mass is 1500 g/mol. The molecule has 40 nitrogen and oxygen atoms in total. The number of aromatic amines is 1. The molecule has 14 amide bonds. The molecular weight excluding hydrogens is 1390 g/mol. The maximum absolute atomic E-state index is 14.8. The highest BCUT2D eigenvalue weighted by molar-refractivity contribution is 6.00. The number of primary amides is 2. The number of rotatable bonds is 48. The number of fused-ring (bicyclic) bond motifs is 1. The molecule has 106 heavy (non-hydrogen) atoms. The van der Waals surface area contributed by atoms with Crippen LogP contribution in [-0.2, 0) is 83.1 Å². The second-order valence-electron chi connectivity index (χ2n) is 27.0. The van der Waals surface area contributed by atoms with E-state index in [0.29, 0.717) is 29.4 Å². The summed E-state index contributed by atoms with van der Waals surface area (Å²) in [5.74, 6) is -18.9. The zero-order valence-electron chi connectivity index (χ0n) is 60.4. The SMILES string of the molecule is CC(C)C[C@H](NC(=O)CNC(=O)[C@@H]1CCCN1)C(=O)N[C@@H](CC(C)C)C(=O)N[C@@H](Cc1c[nH]c2ccccc12)C(=O)N[C@@H](CCC(N)=O)C(=O)N[C@H](C(=O)N[C@@H](CO)C(=O)N[C@@H](CCCN=C(N)N)C(=O)N[C@@H](CO)C(=O)N[C@@H](CC(C)C)C(=O)N[C@@H](CC(=O)O)C(=O)N[C@@H](CCC(N)=O)C(=O)O)[C@@H](C)O. The summed E-state index contributed by atoms with van der Waals surface area (Å²) in [7, 11) is 0. The van der Waals surface area contributed by atoms with Crippen LogP contribution in [0.2, 0.25) is 0 Å². The number of aliphatic carboxylic acids is 2. The first-order chi connectivity index (χ1) is 49.8. The molecule has 1 fully saturated rings. The van der Waals surface area contributed by atoms with Gasteiger partial charge in [0.1, 0.15) is 66.5 Å². The molecule has 0 saturated carbocycles. The Labute approximate surface area is 610 Å². The highest BCUT2D eigenvalue weighted by atomic mass is 16.4. The first kappa shape index (κ1) is 89.6. The van der Waals surface area contributed by atoms with Crippen LogP contribution in [-0.4, -0.2) is 243 Å². The Morgan fingerprint density at radius 1 is 0.519 bits per heavy atom. The van der Waals surface area contributed by atoms with Crippen molar-refractivity contribution in [2.24, 2.45) is 45.7 Å². The molecule has 2 heterocycles. The predicted molar refractivity (Wildman–Crippen MR) is 378 cm³/mol. The normalized spacial score (nSPS) is 16.0. The van der Waals surface area contributed by atoms with E-state index in [-0.39, 0.29) is 68.8 Å². The number of carboxylic acid groups (broad SMARTS) is 2. The summed E-state index contributed by atoms with van der Waals surface area (Å²) in [4.78, 5) is 221. The molecule has 1 aromatic heterocycles. The van der Waals surface area contributed by atoms with Crippen molar-refractivity contribution in [1.29, 1.82) is 0 Å². The van der Waals surface area contributed by atoms with Gasteiger partial charge >= 0.3 is 11.9 Å². The van der Waals surface area contributed by atoms with Gasteiger partial charge in [-0.3, -0.25) is 76.9 Å². The van der Waals surface area contributed by atoms with E-state index in [1.165, 1.54) is 0 Å². The summed E-state index contributed by atoms with van der Waals surface area (Å²) < 4.78 is 0. The van der Waals surface area contributed by atoms with Crippen LogP contribution in [0, 0.1) is 17.8 Å². The second-order valence-corrected chi connectivity index (χ2v) is 27.0. The molecule has 13 atom stereocenters. The van der Waals surface area contributed by atoms with Gasteiger partial charge in [0.25, 0.3) is 0 Å². The molecule has 1 aliphatic heterocycles. The topological polar surface area (TPSA) is 663 Å². The van der Waals surface area contributed by atoms with E-state index >= 15 is 0 Å². The fraction of sp³-hybridized carbons (Fsp3) is 0.621. The van der Waals surface area contributed by atoms with Crippen LogP contribution in [0.15, 0.2) is 35.5 Å². The number of guanidine groups is 1. The number of aliphatic hydroxyl groups excluding tert-OH is 3. The summed E-state index contributed by atoms with van der Waals surface area (Å²) in [6.45, 7) is 9.01. The number of benzene rings is 1. The number of hydrogen-bond donors (Lipinski definition) is 23. The van der Waals surface area contributed by atoms with E-state index in [4.69, 9.17) is 22.9 Å². The van der Waals surface area contributed by atoms with Crippen molar-refractivity contribution in [2.45, 2.75) is 211 Å². The van der Waals surface area contributed by atoms with Gasteiger partial charge in [-0.15, -0.1) is 0 Å². The number of nitrogens with zero attached hydrogens (tertiary/aromatic N) is 1. The number of amides is 14. The lowest BCUT2D eigenvalue weighted by atomic mass is 9.99. The minimum atomic E-state index is -2.05. The summed E-state index contributed by atoms with van der Waals surface area (Å²) in [5, 5.41) is 83.4. The summed E-state index contributed by atoms with van der Waals surface area (Å²) >= 11 is 0. The number of aliphatic imine (C=N–C) groups is 1. The molecule has 0 aliphatic carbocycles. The van der Waals surface area contributed by atoms with Crippen LogP contribution < -0.4 is 92.1 Å². The number of aromatic nitrogens is 1. The van der Waals surface area contributed by atoms with Crippen LogP contribution in [0.1, 0.15) is 131 Å². The molecule has 3 rings (SSSR count). The van der Waals surface area contributed by atoms with Crippen LogP contribution in [0.5, 0.6) is 0 Å². The van der Waals surface area contributed by atoms with E-state index in [9.17, 15) is 102 Å². The molecule has 1 saturated heterocycles. The Balaban J connectivity index is 1.92. The first-order valence-electron chi connectivity index (χ1n) is 34.7. The van der Waals surface area contributed by atoms with Gasteiger partial charge in [-0.25, -0.2) is 4.79 Å². The fourth-order valence-electron chi connectivity index (χ4n) is 11.0. The molecule has 0 bridgehead atoms. The van der Waals surface area contributed by atoms with E-state index < -0.39 is 225 Å². The van der Waals surface area contributed by atoms with Crippen molar-refractivity contribution in [1.82, 2.24) is 74.1 Å². The average molecular weight is 1500 g/mol. The van der Waals surface area contributed by atoms with E-state index in [2.05, 4.69) is 73.8 Å². The Morgan fingerprint density at radius 2 is 0.943 bits per heavy atom. The predicted octanol–water partition coefficient (Wildman–Crippen LogP) is -7.44. The van der Waals surface area contributed by atoms with Gasteiger partial charge in [-0.05, 0) is 101 Å². The summed E-state index contributed by atoms with van der Waals surface area (Å²) in [6, 6.07) is -12.5. The lowest BCUT2D eigenvalue weighted by Gasteiger charge is -2.29. The average Bonchev–Trinajstić information content (AvgIpc) is 1.63. The van der Waals surface area contributed by atoms with E-state index in [1.807, 2.05) is 5.32 Å². The van der Waals surface area contributed by atoms with Crippen molar-refractivity contribution >= 4 is 112 Å². The smallest absolute Gasteiger partial charge is 0.326 e. The van der Waals surface area contributed by atoms with E-state index in [1.54, 1.807) is 72.0 Å². The maximum atomic E-state index is 14.8. The zero-order chi connectivity index (χ0) is 79.7. The Hall–Kier alpha value is -10.6. The number of aliphatic hydroxyl groups is 3. The van der Waals surface area contributed by atoms with Crippen molar-refractivity contribution in [2.75, 3.05) is 32.8 Å². The number of H-pyrrole nitrogens is 1. The highest BCUT2D eigenvalue weighted by Crippen LogP contribution is 2.21.